The summed E-state index contributed by atoms with van der Waals surface area (Å²) in [6, 6.07) is 5.30. The van der Waals surface area contributed by atoms with Crippen molar-refractivity contribution < 1.29 is 4.39 Å². The van der Waals surface area contributed by atoms with Crippen LogP contribution in [0.5, 0.6) is 0 Å². The Balaban J connectivity index is 0.00000128. The van der Waals surface area contributed by atoms with Crippen LogP contribution in [0, 0.1) is 5.82 Å². The van der Waals surface area contributed by atoms with Gasteiger partial charge in [-0.15, -0.1) is 12.4 Å². The van der Waals surface area contributed by atoms with Gasteiger partial charge in [0.05, 0.1) is 5.69 Å². The van der Waals surface area contributed by atoms with Crippen molar-refractivity contribution in [2.75, 3.05) is 25.0 Å². The molecule has 1 unspecified atom stereocenters. The minimum atomic E-state index is -0.237. The van der Waals surface area contributed by atoms with Crippen molar-refractivity contribution in [3.63, 3.8) is 0 Å². The van der Waals surface area contributed by atoms with Crippen LogP contribution >= 0.6 is 24.0 Å². The zero-order valence-electron chi connectivity index (χ0n) is 9.04. The molecule has 0 bridgehead atoms. The van der Waals surface area contributed by atoms with E-state index in [2.05, 4.69) is 5.32 Å². The van der Waals surface area contributed by atoms with Crippen LogP contribution in [0.25, 0.3) is 0 Å². The summed E-state index contributed by atoms with van der Waals surface area (Å²) in [5.74, 6) is -0.237. The van der Waals surface area contributed by atoms with E-state index in [1.807, 2.05) is 11.9 Å². The molecule has 1 aromatic rings. The van der Waals surface area contributed by atoms with E-state index in [1.165, 1.54) is 6.07 Å². The summed E-state index contributed by atoms with van der Waals surface area (Å²) in [7, 11) is 1.94. The summed E-state index contributed by atoms with van der Waals surface area (Å²) in [6.07, 6.45) is 1.05. The van der Waals surface area contributed by atoms with Crippen molar-refractivity contribution in [2.24, 2.45) is 0 Å². The van der Waals surface area contributed by atoms with Gasteiger partial charge >= 0.3 is 0 Å². The van der Waals surface area contributed by atoms with E-state index in [1.54, 1.807) is 12.1 Å². The van der Waals surface area contributed by atoms with Gasteiger partial charge in [0.25, 0.3) is 0 Å². The van der Waals surface area contributed by atoms with E-state index >= 15 is 0 Å². The molecule has 1 fully saturated rings. The van der Waals surface area contributed by atoms with Gasteiger partial charge in [0.1, 0.15) is 5.82 Å². The van der Waals surface area contributed by atoms with Crippen molar-refractivity contribution in [2.45, 2.75) is 12.5 Å². The molecule has 1 aliphatic rings. The number of hydrogen-bond donors (Lipinski definition) is 1. The summed E-state index contributed by atoms with van der Waals surface area (Å²) in [4.78, 5) is 2.05. The second-order valence-electron chi connectivity index (χ2n) is 3.82. The highest BCUT2D eigenvalue weighted by Crippen LogP contribution is 2.25. The number of halogens is 3. The Bertz CT molecular complexity index is 360. The van der Waals surface area contributed by atoms with Crippen LogP contribution in [0.1, 0.15) is 6.42 Å². The van der Waals surface area contributed by atoms with Gasteiger partial charge in [-0.3, -0.25) is 0 Å². The normalized spacial score (nSPS) is 19.7. The molecule has 1 heterocycles. The zero-order chi connectivity index (χ0) is 10.8. The highest BCUT2D eigenvalue weighted by atomic mass is 35.5. The Morgan fingerprint density at radius 3 is 2.81 bits per heavy atom. The van der Waals surface area contributed by atoms with Gasteiger partial charge in [-0.2, -0.15) is 0 Å². The second-order valence-corrected chi connectivity index (χ2v) is 4.25. The Kier molecular flexibility index (Phi) is 4.84. The van der Waals surface area contributed by atoms with Crippen LogP contribution in [0.3, 0.4) is 0 Å². The maximum absolute atomic E-state index is 13.6. The molecule has 16 heavy (non-hydrogen) atoms. The fraction of sp³-hybridized carbons (Fsp3) is 0.455. The summed E-state index contributed by atoms with van der Waals surface area (Å²) in [6.45, 7) is 1.75. The molecule has 0 radical (unpaired) electrons. The van der Waals surface area contributed by atoms with Crippen molar-refractivity contribution >= 4 is 29.7 Å². The van der Waals surface area contributed by atoms with Crippen molar-refractivity contribution in [3.8, 4) is 0 Å². The van der Waals surface area contributed by atoms with Gasteiger partial charge in [-0.1, -0.05) is 11.6 Å². The van der Waals surface area contributed by atoms with Crippen LogP contribution in [-0.4, -0.2) is 26.2 Å². The lowest BCUT2D eigenvalue weighted by Crippen LogP contribution is -2.29. The molecule has 0 aliphatic carbocycles. The lowest BCUT2D eigenvalue weighted by molar-refractivity contribution is 0.609. The molecule has 1 N–H and O–H groups in total. The lowest BCUT2D eigenvalue weighted by Gasteiger charge is -2.19. The maximum Gasteiger partial charge on any atom is 0.147 e. The monoisotopic (exact) mass is 264 g/mol. The summed E-state index contributed by atoms with van der Waals surface area (Å²) in [5.41, 5.74) is 0.650. The smallest absolute Gasteiger partial charge is 0.147 e. The first-order valence-corrected chi connectivity index (χ1v) is 5.46. The Hall–Kier alpha value is -0.510. The summed E-state index contributed by atoms with van der Waals surface area (Å²) >= 11 is 5.71. The number of nitrogens with one attached hydrogen (secondary N) is 1. The number of hydrogen-bond acceptors (Lipinski definition) is 2. The molecule has 2 rings (SSSR count). The van der Waals surface area contributed by atoms with Crippen molar-refractivity contribution in [1.82, 2.24) is 5.32 Å². The molecular formula is C11H15Cl2FN2. The van der Waals surface area contributed by atoms with E-state index < -0.39 is 0 Å². The summed E-state index contributed by atoms with van der Waals surface area (Å²) in [5, 5.41) is 3.65. The van der Waals surface area contributed by atoms with Gasteiger partial charge in [0.2, 0.25) is 0 Å². The highest BCUT2D eigenvalue weighted by Gasteiger charge is 2.22. The fourth-order valence-electron chi connectivity index (χ4n) is 1.95. The Morgan fingerprint density at radius 1 is 1.50 bits per heavy atom. The molecule has 2 nitrogen and oxygen atoms in total. The third-order valence-corrected chi connectivity index (χ3v) is 3.08. The van der Waals surface area contributed by atoms with Gasteiger partial charge in [-0.25, -0.2) is 4.39 Å². The number of rotatable bonds is 2. The van der Waals surface area contributed by atoms with Gasteiger partial charge in [-0.05, 0) is 31.7 Å². The summed E-state index contributed by atoms with van der Waals surface area (Å²) < 4.78 is 13.6. The molecule has 0 saturated carbocycles. The third-order valence-electron chi connectivity index (χ3n) is 2.85. The first-order valence-electron chi connectivity index (χ1n) is 5.08. The number of benzene rings is 1. The topological polar surface area (TPSA) is 15.3 Å². The maximum atomic E-state index is 13.6. The molecule has 1 atom stereocenters. The van der Waals surface area contributed by atoms with Crippen molar-refractivity contribution in [1.29, 1.82) is 0 Å². The molecule has 1 aromatic carbocycles. The highest BCUT2D eigenvalue weighted by molar-refractivity contribution is 6.30. The van der Waals surface area contributed by atoms with E-state index in [0.717, 1.165) is 19.5 Å². The SMILES string of the molecule is CNC1CCN(c2ccc(Cl)cc2F)C1.Cl. The number of anilines is 1. The first kappa shape index (κ1) is 13.6. The van der Waals surface area contributed by atoms with E-state index in [9.17, 15) is 4.39 Å². The van der Waals surface area contributed by atoms with Gasteiger partial charge in [0, 0.05) is 24.2 Å². The quantitative estimate of drug-likeness (QED) is 0.884. The van der Waals surface area contributed by atoms with Gasteiger partial charge in [0.15, 0.2) is 0 Å². The predicted octanol–water partition coefficient (Wildman–Crippen LogP) is 2.70. The van der Waals surface area contributed by atoms with Crippen LogP contribution < -0.4 is 10.2 Å². The second kappa shape index (κ2) is 5.71. The molecule has 90 valence electrons. The molecule has 0 amide bonds. The van der Waals surface area contributed by atoms with Crippen molar-refractivity contribution in [3.05, 3.63) is 29.0 Å². The van der Waals surface area contributed by atoms with Crippen LogP contribution in [0.4, 0.5) is 10.1 Å². The first-order chi connectivity index (χ1) is 7.20. The standard InChI is InChI=1S/C11H14ClFN2.ClH/c1-14-9-4-5-15(7-9)11-3-2-8(12)6-10(11)13;/h2-3,6,9,14H,4-5,7H2,1H3;1H. The number of likely N-dealkylation sites (N-methyl/N-ethyl adjacent to an activating group) is 1. The molecular weight excluding hydrogens is 250 g/mol. The average Bonchev–Trinajstić information content (AvgIpc) is 2.66. The Morgan fingerprint density at radius 2 is 2.25 bits per heavy atom. The van der Waals surface area contributed by atoms with Crippen LogP contribution in [-0.2, 0) is 0 Å². The molecule has 5 heteroatoms. The van der Waals surface area contributed by atoms with E-state index in [0.29, 0.717) is 16.8 Å². The predicted molar refractivity (Wildman–Crippen MR) is 68.3 cm³/mol. The van der Waals surface area contributed by atoms with E-state index in [4.69, 9.17) is 11.6 Å². The molecule has 0 aromatic heterocycles. The fourth-order valence-corrected chi connectivity index (χ4v) is 2.11. The average molecular weight is 265 g/mol. The molecule has 0 spiro atoms. The van der Waals surface area contributed by atoms with Crippen LogP contribution in [0.2, 0.25) is 5.02 Å². The third kappa shape index (κ3) is 2.78. The van der Waals surface area contributed by atoms with E-state index in [-0.39, 0.29) is 18.2 Å². The van der Waals surface area contributed by atoms with Crippen LogP contribution in [0.15, 0.2) is 18.2 Å². The Labute approximate surface area is 106 Å². The largest absolute Gasteiger partial charge is 0.368 e. The minimum Gasteiger partial charge on any atom is -0.368 e. The van der Waals surface area contributed by atoms with Gasteiger partial charge < -0.3 is 10.2 Å². The lowest BCUT2D eigenvalue weighted by atomic mass is 10.3. The molecule has 1 aliphatic heterocycles. The molecule has 1 saturated heterocycles. The zero-order valence-corrected chi connectivity index (χ0v) is 10.6. The number of nitrogens with zero attached hydrogens (tertiary/aromatic N) is 1. The minimum absolute atomic E-state index is 0.